The largest absolute Gasteiger partial charge is 0.444 e. The van der Waals surface area contributed by atoms with E-state index in [4.69, 9.17) is 9.15 Å². The number of nitrogens with zero attached hydrogens (tertiary/aromatic N) is 1. The van der Waals surface area contributed by atoms with Crippen LogP contribution in [0.4, 0.5) is 0 Å². The minimum absolute atomic E-state index is 0.207. The highest BCUT2D eigenvalue weighted by atomic mass is 79.9. The van der Waals surface area contributed by atoms with Crippen LogP contribution in [0.25, 0.3) is 0 Å². The van der Waals surface area contributed by atoms with Gasteiger partial charge in [-0.15, -0.1) is 0 Å². The van der Waals surface area contributed by atoms with Crippen molar-refractivity contribution in [3.8, 4) is 0 Å². The SMILES string of the molecule is O=C(NCc1ccc(S(=O)(=O)N2CCOCC2)cc1)c1ccc(Br)o1. The Labute approximate surface area is 154 Å². The summed E-state index contributed by atoms with van der Waals surface area (Å²) < 4.78 is 37.3. The maximum atomic E-state index is 12.5. The molecule has 1 aliphatic heterocycles. The van der Waals surface area contributed by atoms with Crippen molar-refractivity contribution < 1.29 is 22.4 Å². The molecule has 9 heteroatoms. The highest BCUT2D eigenvalue weighted by Gasteiger charge is 2.26. The summed E-state index contributed by atoms with van der Waals surface area (Å²) in [4.78, 5) is 12.2. The van der Waals surface area contributed by atoms with E-state index < -0.39 is 10.0 Å². The molecule has 0 bridgehead atoms. The number of sulfonamides is 1. The van der Waals surface area contributed by atoms with E-state index in [1.54, 1.807) is 36.4 Å². The van der Waals surface area contributed by atoms with Crippen LogP contribution in [0.1, 0.15) is 16.1 Å². The molecule has 0 spiro atoms. The van der Waals surface area contributed by atoms with E-state index in [1.807, 2.05) is 0 Å². The lowest BCUT2D eigenvalue weighted by molar-refractivity contribution is 0.0730. The predicted molar refractivity (Wildman–Crippen MR) is 93.6 cm³/mol. The Morgan fingerprint density at radius 2 is 1.80 bits per heavy atom. The van der Waals surface area contributed by atoms with Gasteiger partial charge in [0.2, 0.25) is 10.0 Å². The van der Waals surface area contributed by atoms with Crippen molar-refractivity contribution in [3.63, 3.8) is 0 Å². The van der Waals surface area contributed by atoms with E-state index in [1.165, 1.54) is 4.31 Å². The summed E-state index contributed by atoms with van der Waals surface area (Å²) in [6.07, 6.45) is 0. The smallest absolute Gasteiger partial charge is 0.287 e. The van der Waals surface area contributed by atoms with Crippen molar-refractivity contribution in [2.75, 3.05) is 26.3 Å². The van der Waals surface area contributed by atoms with Crippen molar-refractivity contribution in [2.24, 2.45) is 0 Å². The van der Waals surface area contributed by atoms with Crippen LogP contribution in [0, 0.1) is 0 Å². The van der Waals surface area contributed by atoms with Crippen LogP contribution in [-0.4, -0.2) is 44.9 Å². The zero-order valence-corrected chi connectivity index (χ0v) is 15.7. The zero-order chi connectivity index (χ0) is 17.9. The fourth-order valence-electron chi connectivity index (χ4n) is 2.42. The van der Waals surface area contributed by atoms with Gasteiger partial charge < -0.3 is 14.5 Å². The third kappa shape index (κ3) is 4.30. The summed E-state index contributed by atoms with van der Waals surface area (Å²) >= 11 is 3.14. The van der Waals surface area contributed by atoms with E-state index >= 15 is 0 Å². The van der Waals surface area contributed by atoms with Crippen molar-refractivity contribution in [2.45, 2.75) is 11.4 Å². The summed E-state index contributed by atoms with van der Waals surface area (Å²) in [6, 6.07) is 9.68. The maximum Gasteiger partial charge on any atom is 0.287 e. The third-order valence-corrected chi connectivity index (χ3v) is 6.12. The average molecular weight is 429 g/mol. The Hall–Kier alpha value is -1.68. The normalized spacial score (nSPS) is 15.9. The van der Waals surface area contributed by atoms with Crippen molar-refractivity contribution >= 4 is 31.9 Å². The molecule has 3 rings (SSSR count). The van der Waals surface area contributed by atoms with Gasteiger partial charge in [-0.05, 0) is 45.8 Å². The van der Waals surface area contributed by atoms with Gasteiger partial charge >= 0.3 is 0 Å². The van der Waals surface area contributed by atoms with E-state index in [0.29, 0.717) is 31.0 Å². The van der Waals surface area contributed by atoms with Crippen molar-refractivity contribution in [1.29, 1.82) is 0 Å². The predicted octanol–water partition coefficient (Wildman–Crippen LogP) is 1.99. The molecule has 0 atom stereocenters. The number of carbonyl (C=O) groups excluding carboxylic acids is 1. The number of carbonyl (C=O) groups is 1. The second-order valence-electron chi connectivity index (χ2n) is 5.45. The van der Waals surface area contributed by atoms with E-state index in [9.17, 15) is 13.2 Å². The first-order valence-corrected chi connectivity index (χ1v) is 9.90. The number of hydrogen-bond acceptors (Lipinski definition) is 5. The highest BCUT2D eigenvalue weighted by Crippen LogP contribution is 2.18. The number of amides is 1. The van der Waals surface area contributed by atoms with Crippen molar-refractivity contribution in [1.82, 2.24) is 9.62 Å². The Balaban J connectivity index is 1.63. The van der Waals surface area contributed by atoms with Crippen LogP contribution >= 0.6 is 15.9 Å². The summed E-state index contributed by atoms with van der Waals surface area (Å²) in [6.45, 7) is 1.81. The first kappa shape index (κ1) is 18.1. The molecule has 1 aromatic heterocycles. The molecule has 1 saturated heterocycles. The Morgan fingerprint density at radius 3 is 2.40 bits per heavy atom. The van der Waals surface area contributed by atoms with Crippen LogP contribution in [0.3, 0.4) is 0 Å². The Kier molecular flexibility index (Phi) is 5.57. The first-order chi connectivity index (χ1) is 12.0. The summed E-state index contributed by atoms with van der Waals surface area (Å²) in [7, 11) is -3.50. The number of hydrogen-bond donors (Lipinski definition) is 1. The lowest BCUT2D eigenvalue weighted by Crippen LogP contribution is -2.40. The molecule has 1 aliphatic rings. The molecule has 2 aromatic rings. The second-order valence-corrected chi connectivity index (χ2v) is 8.17. The minimum Gasteiger partial charge on any atom is -0.444 e. The van der Waals surface area contributed by atoms with Crippen LogP contribution < -0.4 is 5.32 Å². The van der Waals surface area contributed by atoms with Gasteiger partial charge in [-0.1, -0.05) is 12.1 Å². The molecule has 7 nitrogen and oxygen atoms in total. The van der Waals surface area contributed by atoms with Gasteiger partial charge in [-0.3, -0.25) is 4.79 Å². The summed E-state index contributed by atoms with van der Waals surface area (Å²) in [5, 5.41) is 2.72. The number of benzene rings is 1. The van der Waals surface area contributed by atoms with Gasteiger partial charge in [-0.2, -0.15) is 4.31 Å². The van der Waals surface area contributed by atoms with Gasteiger partial charge in [0, 0.05) is 19.6 Å². The number of nitrogens with one attached hydrogen (secondary N) is 1. The van der Waals surface area contributed by atoms with E-state index in [0.717, 1.165) is 5.56 Å². The van der Waals surface area contributed by atoms with E-state index in [-0.39, 0.29) is 23.1 Å². The van der Waals surface area contributed by atoms with Gasteiger partial charge in [-0.25, -0.2) is 8.42 Å². The molecule has 1 amide bonds. The van der Waals surface area contributed by atoms with Gasteiger partial charge in [0.1, 0.15) is 0 Å². The van der Waals surface area contributed by atoms with Gasteiger partial charge in [0.15, 0.2) is 10.4 Å². The molecule has 1 N–H and O–H groups in total. The number of rotatable bonds is 5. The molecule has 134 valence electrons. The maximum absolute atomic E-state index is 12.5. The third-order valence-electron chi connectivity index (χ3n) is 3.78. The molecular weight excluding hydrogens is 412 g/mol. The Bertz CT molecular complexity index is 842. The molecule has 1 fully saturated rings. The van der Waals surface area contributed by atoms with Crippen molar-refractivity contribution in [3.05, 3.63) is 52.4 Å². The molecule has 0 aliphatic carbocycles. The molecule has 0 unspecified atom stereocenters. The monoisotopic (exact) mass is 428 g/mol. The molecule has 0 saturated carbocycles. The Morgan fingerprint density at radius 1 is 1.12 bits per heavy atom. The number of morpholine rings is 1. The number of furan rings is 1. The van der Waals surface area contributed by atoms with Gasteiger partial charge in [0.05, 0.1) is 18.1 Å². The quantitative estimate of drug-likeness (QED) is 0.786. The standard InChI is InChI=1S/C16H17BrN2O5S/c17-15-6-5-14(24-15)16(20)18-11-12-1-3-13(4-2-12)25(21,22)19-7-9-23-10-8-19/h1-6H,7-11H2,(H,18,20). The first-order valence-electron chi connectivity index (χ1n) is 7.67. The van der Waals surface area contributed by atoms with Gasteiger partial charge in [0.25, 0.3) is 5.91 Å². The molecule has 2 heterocycles. The number of ether oxygens (including phenoxy) is 1. The van der Waals surface area contributed by atoms with Crippen LogP contribution in [0.5, 0.6) is 0 Å². The molecular formula is C16H17BrN2O5S. The topological polar surface area (TPSA) is 88.9 Å². The lowest BCUT2D eigenvalue weighted by Gasteiger charge is -2.26. The van der Waals surface area contributed by atoms with Crippen LogP contribution in [-0.2, 0) is 21.3 Å². The number of halogens is 1. The van der Waals surface area contributed by atoms with E-state index in [2.05, 4.69) is 21.2 Å². The lowest BCUT2D eigenvalue weighted by atomic mass is 10.2. The van der Waals surface area contributed by atoms with Crippen LogP contribution in [0.2, 0.25) is 0 Å². The minimum atomic E-state index is -3.50. The fourth-order valence-corrected chi connectivity index (χ4v) is 4.14. The summed E-state index contributed by atoms with van der Waals surface area (Å²) in [5.74, 6) is -0.130. The average Bonchev–Trinajstić information content (AvgIpc) is 3.07. The highest BCUT2D eigenvalue weighted by molar-refractivity contribution is 9.10. The summed E-state index contributed by atoms with van der Waals surface area (Å²) in [5.41, 5.74) is 0.792. The molecule has 25 heavy (non-hydrogen) atoms. The molecule has 0 radical (unpaired) electrons. The fraction of sp³-hybridized carbons (Fsp3) is 0.312. The second kappa shape index (κ2) is 7.69. The zero-order valence-electron chi connectivity index (χ0n) is 13.3. The molecule has 1 aromatic carbocycles. The van der Waals surface area contributed by atoms with Crippen LogP contribution in [0.15, 0.2) is 50.4 Å².